The van der Waals surface area contributed by atoms with Gasteiger partial charge in [-0.3, -0.25) is 0 Å². The molecule has 2 unspecified atom stereocenters. The van der Waals surface area contributed by atoms with Gasteiger partial charge in [0.15, 0.2) is 0 Å². The van der Waals surface area contributed by atoms with Crippen molar-refractivity contribution < 1.29 is 18.5 Å². The van der Waals surface area contributed by atoms with Gasteiger partial charge in [-0.25, -0.2) is 9.18 Å². The lowest BCUT2D eigenvalue weighted by atomic mass is 10.1. The van der Waals surface area contributed by atoms with Crippen molar-refractivity contribution in [2.45, 2.75) is 45.1 Å². The highest BCUT2D eigenvalue weighted by Gasteiger charge is 2.28. The van der Waals surface area contributed by atoms with Crippen molar-refractivity contribution in [3.63, 3.8) is 0 Å². The second kappa shape index (κ2) is 9.05. The molecule has 2 atom stereocenters. The molecule has 0 aliphatic carbocycles. The first kappa shape index (κ1) is 21.7. The van der Waals surface area contributed by atoms with Crippen LogP contribution in [0, 0.1) is 5.82 Å². The lowest BCUT2D eigenvalue weighted by molar-refractivity contribution is 0.141. The summed E-state index contributed by atoms with van der Waals surface area (Å²) >= 11 is 0.301. The topological polar surface area (TPSA) is 73.4 Å². The molecule has 5 nitrogen and oxygen atoms in total. The molecule has 1 heterocycles. The Morgan fingerprint density at radius 3 is 2.67 bits per heavy atom. The summed E-state index contributed by atoms with van der Waals surface area (Å²) in [5, 5.41) is 2.35. The quantitative estimate of drug-likeness (QED) is 0.684. The molecule has 1 amide bonds. The fraction of sp³-hybridized carbons (Fsp3) is 0.421. The second-order valence-corrected chi connectivity index (χ2v) is 10.1. The van der Waals surface area contributed by atoms with Gasteiger partial charge in [-0.15, -0.1) is 16.1 Å². The van der Waals surface area contributed by atoms with E-state index in [0.29, 0.717) is 11.1 Å². The smallest absolute Gasteiger partial charge is 0.407 e. The number of ether oxygens (including phenoxy) is 1. The second-order valence-electron chi connectivity index (χ2n) is 7.01. The first-order chi connectivity index (χ1) is 12.6. The van der Waals surface area contributed by atoms with Gasteiger partial charge < -0.3 is 14.6 Å². The number of alkyl carbamates (subject to hydrolysis) is 1. The van der Waals surface area contributed by atoms with Crippen LogP contribution in [0.5, 0.6) is 0 Å². The Morgan fingerprint density at radius 1 is 1.33 bits per heavy atom. The Hall–Kier alpha value is -1.61. The molecule has 0 fully saturated rings. The van der Waals surface area contributed by atoms with E-state index >= 15 is 0 Å². The fourth-order valence-corrected chi connectivity index (χ4v) is 4.21. The van der Waals surface area contributed by atoms with Crippen molar-refractivity contribution in [3.8, 4) is 10.4 Å². The molecule has 27 heavy (non-hydrogen) atoms. The number of carbonyl (C=O) groups is 1. The standard InChI is InChI=1S/C19H25FN2O3S2/c1-12(22-27(24)19(2,3)4)16-9-10-17(26-16)13-7-6-8-15(20)14(13)11-25-18(23)21-5/h6-10,12,22H,11H2,1-5H3,(H,21,23). The minimum Gasteiger partial charge on any atom is -0.598 e. The zero-order valence-electron chi connectivity index (χ0n) is 16.1. The van der Waals surface area contributed by atoms with Gasteiger partial charge in [0.1, 0.15) is 17.2 Å². The number of nitrogens with one attached hydrogen (secondary N) is 2. The average Bonchev–Trinajstić information content (AvgIpc) is 3.09. The maximum absolute atomic E-state index is 14.3. The molecule has 2 aromatic rings. The minimum absolute atomic E-state index is 0.108. The van der Waals surface area contributed by atoms with Crippen molar-refractivity contribution in [2.24, 2.45) is 0 Å². The highest BCUT2D eigenvalue weighted by molar-refractivity contribution is 7.90. The highest BCUT2D eigenvalue weighted by Crippen LogP contribution is 2.35. The van der Waals surface area contributed by atoms with Crippen LogP contribution in [0.2, 0.25) is 0 Å². The molecular formula is C19H25FN2O3S2. The molecule has 0 saturated carbocycles. The third-order valence-corrected chi connectivity index (χ3v) is 6.81. The van der Waals surface area contributed by atoms with Gasteiger partial charge in [-0.05, 0) is 45.9 Å². The molecule has 8 heteroatoms. The molecule has 0 bridgehead atoms. The number of thiophene rings is 1. The van der Waals surface area contributed by atoms with Gasteiger partial charge >= 0.3 is 6.09 Å². The molecule has 0 aliphatic rings. The van der Waals surface area contributed by atoms with Crippen molar-refractivity contribution in [1.82, 2.24) is 10.0 Å². The van der Waals surface area contributed by atoms with Crippen LogP contribution in [0.15, 0.2) is 30.3 Å². The summed E-state index contributed by atoms with van der Waals surface area (Å²) in [5.74, 6) is -0.425. The maximum Gasteiger partial charge on any atom is 0.407 e. The van der Waals surface area contributed by atoms with Crippen LogP contribution in [-0.4, -0.2) is 22.4 Å². The van der Waals surface area contributed by atoms with E-state index in [1.54, 1.807) is 12.1 Å². The summed E-state index contributed by atoms with van der Waals surface area (Å²) in [6, 6.07) is 8.50. The summed E-state index contributed by atoms with van der Waals surface area (Å²) < 4.78 is 34.4. The van der Waals surface area contributed by atoms with Crippen LogP contribution >= 0.6 is 11.3 Å². The summed E-state index contributed by atoms with van der Waals surface area (Å²) in [7, 11) is 1.45. The van der Waals surface area contributed by atoms with E-state index in [1.807, 2.05) is 39.8 Å². The van der Waals surface area contributed by atoms with Crippen molar-refractivity contribution in [1.29, 1.82) is 0 Å². The van der Waals surface area contributed by atoms with Gasteiger partial charge in [0.2, 0.25) is 0 Å². The molecule has 1 aromatic heterocycles. The van der Waals surface area contributed by atoms with E-state index in [-0.39, 0.29) is 17.4 Å². The van der Waals surface area contributed by atoms with E-state index in [2.05, 4.69) is 10.0 Å². The van der Waals surface area contributed by atoms with Crippen LogP contribution in [0.25, 0.3) is 10.4 Å². The van der Waals surface area contributed by atoms with Gasteiger partial charge in [-0.2, -0.15) is 0 Å². The van der Waals surface area contributed by atoms with Crippen molar-refractivity contribution in [2.75, 3.05) is 7.05 Å². The first-order valence-electron chi connectivity index (χ1n) is 8.53. The number of hydrogen-bond donors (Lipinski definition) is 2. The highest BCUT2D eigenvalue weighted by atomic mass is 32.2. The molecular weight excluding hydrogens is 387 g/mol. The lowest BCUT2D eigenvalue weighted by Gasteiger charge is -2.26. The largest absolute Gasteiger partial charge is 0.598 e. The first-order valence-corrected chi connectivity index (χ1v) is 10.5. The van der Waals surface area contributed by atoms with E-state index in [0.717, 1.165) is 9.75 Å². The van der Waals surface area contributed by atoms with Crippen molar-refractivity contribution in [3.05, 3.63) is 46.6 Å². The number of halogens is 1. The average molecular weight is 413 g/mol. The van der Waals surface area contributed by atoms with Crippen LogP contribution < -0.4 is 10.0 Å². The van der Waals surface area contributed by atoms with E-state index in [4.69, 9.17) is 4.74 Å². The van der Waals surface area contributed by atoms with Gasteiger partial charge in [0.05, 0.1) is 6.04 Å². The number of benzene rings is 1. The van der Waals surface area contributed by atoms with Gasteiger partial charge in [-0.1, -0.05) is 12.1 Å². The molecule has 2 N–H and O–H groups in total. The fourth-order valence-electron chi connectivity index (χ4n) is 2.27. The molecule has 0 spiro atoms. The predicted octanol–water partition coefficient (Wildman–Crippen LogP) is 4.52. The molecule has 0 radical (unpaired) electrons. The number of hydrogen-bond acceptors (Lipinski definition) is 5. The third kappa shape index (κ3) is 5.68. The SMILES string of the molecule is CNC(=O)OCc1c(F)cccc1-c1ccc(C(C)N[S+]([O-])C(C)(C)C)s1. The summed E-state index contributed by atoms with van der Waals surface area (Å²) in [6.45, 7) is 7.52. The number of rotatable bonds is 6. The molecule has 0 saturated heterocycles. The molecule has 2 rings (SSSR count). The summed E-state index contributed by atoms with van der Waals surface area (Å²) in [6.07, 6.45) is -0.612. The zero-order valence-corrected chi connectivity index (χ0v) is 17.7. The van der Waals surface area contributed by atoms with Gasteiger partial charge in [0.25, 0.3) is 0 Å². The van der Waals surface area contributed by atoms with Crippen molar-refractivity contribution >= 4 is 28.8 Å². The van der Waals surface area contributed by atoms with Crippen LogP contribution in [0.1, 0.15) is 44.2 Å². The molecule has 148 valence electrons. The Labute approximate surface area is 166 Å². The number of amides is 1. The Bertz CT molecular complexity index is 790. The predicted molar refractivity (Wildman–Crippen MR) is 108 cm³/mol. The Kier molecular flexibility index (Phi) is 7.27. The normalized spacial score (nSPS) is 13.9. The van der Waals surface area contributed by atoms with Gasteiger partial charge in [0, 0.05) is 39.3 Å². The number of carbonyl (C=O) groups excluding carboxylic acids is 1. The Morgan fingerprint density at radius 2 is 2.04 bits per heavy atom. The summed E-state index contributed by atoms with van der Waals surface area (Å²) in [4.78, 5) is 13.2. The maximum atomic E-state index is 14.3. The van der Waals surface area contributed by atoms with E-state index < -0.39 is 23.3 Å². The third-order valence-electron chi connectivity index (χ3n) is 3.83. The molecule has 0 aliphatic heterocycles. The Balaban J connectivity index is 2.23. The van der Waals surface area contributed by atoms with Crippen LogP contribution in [-0.2, 0) is 22.7 Å². The van der Waals surface area contributed by atoms with Crippen LogP contribution in [0.4, 0.5) is 9.18 Å². The van der Waals surface area contributed by atoms with E-state index in [1.165, 1.54) is 24.5 Å². The van der Waals surface area contributed by atoms with Crippen LogP contribution in [0.3, 0.4) is 0 Å². The lowest BCUT2D eigenvalue weighted by Crippen LogP contribution is -2.40. The molecule has 1 aromatic carbocycles. The monoisotopic (exact) mass is 412 g/mol. The van der Waals surface area contributed by atoms with E-state index in [9.17, 15) is 13.7 Å². The minimum atomic E-state index is -1.19. The summed E-state index contributed by atoms with van der Waals surface area (Å²) in [5.41, 5.74) is 1.01. The zero-order chi connectivity index (χ0) is 20.2.